The Bertz CT molecular complexity index is 364. The van der Waals surface area contributed by atoms with Crippen molar-refractivity contribution in [2.24, 2.45) is 5.92 Å². The maximum Gasteiger partial charge on any atom is 0.308 e. The number of hydrogen-bond donors (Lipinski definition) is 2. The molecule has 1 saturated heterocycles. The van der Waals surface area contributed by atoms with E-state index in [9.17, 15) is 9.59 Å². The highest BCUT2D eigenvalue weighted by Crippen LogP contribution is 2.31. The molecular weight excluding hydrogens is 256 g/mol. The molecule has 0 aromatic rings. The van der Waals surface area contributed by atoms with Crippen LogP contribution < -0.4 is 5.32 Å². The van der Waals surface area contributed by atoms with Crippen molar-refractivity contribution < 1.29 is 14.7 Å². The van der Waals surface area contributed by atoms with E-state index >= 15 is 0 Å². The molecule has 1 amide bonds. The van der Waals surface area contributed by atoms with Gasteiger partial charge in [0.2, 0.25) is 5.91 Å². The number of amides is 1. The number of piperidine rings is 1. The van der Waals surface area contributed by atoms with Gasteiger partial charge in [-0.05, 0) is 32.7 Å². The van der Waals surface area contributed by atoms with Gasteiger partial charge in [0.15, 0.2) is 0 Å². The highest BCUT2D eigenvalue weighted by Gasteiger charge is 2.36. The fraction of sp³-hybridized carbons (Fsp3) is 0.867. The molecule has 0 spiro atoms. The Morgan fingerprint density at radius 3 is 2.55 bits per heavy atom. The monoisotopic (exact) mass is 282 g/mol. The molecule has 0 radical (unpaired) electrons. The lowest BCUT2D eigenvalue weighted by Gasteiger charge is -2.39. The zero-order chi connectivity index (χ0) is 14.6. The van der Waals surface area contributed by atoms with Crippen LogP contribution >= 0.6 is 0 Å². The van der Waals surface area contributed by atoms with Gasteiger partial charge in [-0.1, -0.05) is 19.3 Å². The number of carbonyl (C=O) groups is 2. The van der Waals surface area contributed by atoms with Crippen LogP contribution in [0, 0.1) is 5.92 Å². The second-order valence-corrected chi connectivity index (χ2v) is 6.28. The molecule has 20 heavy (non-hydrogen) atoms. The molecule has 0 bridgehead atoms. The standard InChI is InChI=1S/C15H26N2O3/c1-16-15(7-3-2-4-8-15)10-13(18)17-9-5-6-12(11-17)14(19)20/h12,16H,2-11H2,1H3,(H,19,20)/t12-/m1/s1. The van der Waals surface area contributed by atoms with Crippen molar-refractivity contribution in [1.29, 1.82) is 0 Å². The maximum absolute atomic E-state index is 12.5. The molecule has 2 rings (SSSR count). The Hall–Kier alpha value is -1.10. The Morgan fingerprint density at radius 1 is 1.25 bits per heavy atom. The van der Waals surface area contributed by atoms with E-state index in [0.717, 1.165) is 19.3 Å². The van der Waals surface area contributed by atoms with Crippen molar-refractivity contribution in [2.75, 3.05) is 20.1 Å². The van der Waals surface area contributed by atoms with Gasteiger partial charge in [-0.25, -0.2) is 0 Å². The van der Waals surface area contributed by atoms with Gasteiger partial charge in [0.25, 0.3) is 0 Å². The average Bonchev–Trinajstić information content (AvgIpc) is 2.48. The van der Waals surface area contributed by atoms with Crippen LogP contribution in [0.3, 0.4) is 0 Å². The van der Waals surface area contributed by atoms with Gasteiger partial charge in [-0.3, -0.25) is 9.59 Å². The van der Waals surface area contributed by atoms with Gasteiger partial charge in [0, 0.05) is 25.0 Å². The Labute approximate surface area is 120 Å². The number of carboxylic acids is 1. The minimum absolute atomic E-state index is 0.0640. The van der Waals surface area contributed by atoms with Crippen molar-refractivity contribution >= 4 is 11.9 Å². The van der Waals surface area contributed by atoms with Crippen LogP contribution in [0.25, 0.3) is 0 Å². The van der Waals surface area contributed by atoms with Crippen molar-refractivity contribution in [3.05, 3.63) is 0 Å². The number of likely N-dealkylation sites (tertiary alicyclic amines) is 1. The lowest BCUT2D eigenvalue weighted by Crippen LogP contribution is -2.51. The van der Waals surface area contributed by atoms with E-state index in [4.69, 9.17) is 5.11 Å². The zero-order valence-corrected chi connectivity index (χ0v) is 12.4. The van der Waals surface area contributed by atoms with Crippen molar-refractivity contribution in [3.63, 3.8) is 0 Å². The number of hydrogen-bond acceptors (Lipinski definition) is 3. The second-order valence-electron chi connectivity index (χ2n) is 6.28. The van der Waals surface area contributed by atoms with Crippen LogP contribution in [-0.2, 0) is 9.59 Å². The smallest absolute Gasteiger partial charge is 0.308 e. The molecule has 2 N–H and O–H groups in total. The summed E-state index contributed by atoms with van der Waals surface area (Å²) in [5.74, 6) is -1.04. The summed E-state index contributed by atoms with van der Waals surface area (Å²) in [7, 11) is 1.94. The largest absolute Gasteiger partial charge is 0.481 e. The van der Waals surface area contributed by atoms with Crippen LogP contribution in [0.1, 0.15) is 51.4 Å². The molecule has 1 atom stereocenters. The molecule has 1 aliphatic heterocycles. The molecule has 0 unspecified atom stereocenters. The van der Waals surface area contributed by atoms with Crippen molar-refractivity contribution in [1.82, 2.24) is 10.2 Å². The van der Waals surface area contributed by atoms with Gasteiger partial charge >= 0.3 is 5.97 Å². The number of aliphatic carboxylic acids is 1. The summed E-state index contributed by atoms with van der Waals surface area (Å²) in [6, 6.07) is 0. The lowest BCUT2D eigenvalue weighted by molar-refractivity contribution is -0.146. The normalized spacial score (nSPS) is 26.2. The van der Waals surface area contributed by atoms with Crippen LogP contribution in [0.2, 0.25) is 0 Å². The zero-order valence-electron chi connectivity index (χ0n) is 12.4. The summed E-state index contributed by atoms with van der Waals surface area (Å²) in [6.45, 7) is 1.09. The quantitative estimate of drug-likeness (QED) is 0.822. The Morgan fingerprint density at radius 2 is 1.95 bits per heavy atom. The topological polar surface area (TPSA) is 69.6 Å². The number of nitrogens with one attached hydrogen (secondary N) is 1. The molecule has 0 aromatic carbocycles. The lowest BCUT2D eigenvalue weighted by atomic mass is 9.79. The average molecular weight is 282 g/mol. The maximum atomic E-state index is 12.5. The van der Waals surface area contributed by atoms with Crippen LogP contribution in [0.15, 0.2) is 0 Å². The summed E-state index contributed by atoms with van der Waals surface area (Å²) in [5.41, 5.74) is -0.0640. The van der Waals surface area contributed by atoms with Gasteiger partial charge in [0.1, 0.15) is 0 Å². The highest BCUT2D eigenvalue weighted by molar-refractivity contribution is 5.79. The minimum atomic E-state index is -0.775. The molecule has 0 aromatic heterocycles. The highest BCUT2D eigenvalue weighted by atomic mass is 16.4. The van der Waals surface area contributed by atoms with E-state index < -0.39 is 5.97 Å². The van der Waals surface area contributed by atoms with E-state index in [-0.39, 0.29) is 17.4 Å². The molecule has 1 saturated carbocycles. The minimum Gasteiger partial charge on any atom is -0.481 e. The summed E-state index contributed by atoms with van der Waals surface area (Å²) in [5, 5.41) is 12.5. The summed E-state index contributed by atoms with van der Waals surface area (Å²) < 4.78 is 0. The first kappa shape index (κ1) is 15.3. The van der Waals surface area contributed by atoms with Crippen molar-refractivity contribution in [3.8, 4) is 0 Å². The summed E-state index contributed by atoms with van der Waals surface area (Å²) >= 11 is 0. The molecule has 2 aliphatic rings. The van der Waals surface area contributed by atoms with Crippen LogP contribution in [-0.4, -0.2) is 47.6 Å². The van der Waals surface area contributed by atoms with E-state index in [0.29, 0.717) is 25.9 Å². The number of rotatable bonds is 4. The molecule has 5 nitrogen and oxygen atoms in total. The van der Waals surface area contributed by atoms with Gasteiger partial charge in [-0.15, -0.1) is 0 Å². The molecule has 2 fully saturated rings. The van der Waals surface area contributed by atoms with E-state index in [1.165, 1.54) is 19.3 Å². The molecule has 1 aliphatic carbocycles. The first-order valence-electron chi connectivity index (χ1n) is 7.76. The molecule has 1 heterocycles. The summed E-state index contributed by atoms with van der Waals surface area (Å²) in [4.78, 5) is 25.3. The van der Waals surface area contributed by atoms with E-state index in [2.05, 4.69) is 5.32 Å². The van der Waals surface area contributed by atoms with Gasteiger partial charge < -0.3 is 15.3 Å². The first-order valence-corrected chi connectivity index (χ1v) is 7.76. The SMILES string of the molecule is CNC1(CC(=O)N2CCC[C@@H](C(=O)O)C2)CCCCC1. The number of carbonyl (C=O) groups excluding carboxylic acids is 1. The third kappa shape index (κ3) is 3.51. The van der Waals surface area contributed by atoms with Gasteiger partial charge in [0.05, 0.1) is 5.92 Å². The Kier molecular flexibility index (Phi) is 5.02. The van der Waals surface area contributed by atoms with E-state index in [1.807, 2.05) is 7.05 Å². The van der Waals surface area contributed by atoms with Crippen LogP contribution in [0.5, 0.6) is 0 Å². The van der Waals surface area contributed by atoms with Crippen LogP contribution in [0.4, 0.5) is 0 Å². The molecular formula is C15H26N2O3. The fourth-order valence-electron chi connectivity index (χ4n) is 3.55. The molecule has 5 heteroatoms. The Balaban J connectivity index is 1.94. The second kappa shape index (κ2) is 6.57. The van der Waals surface area contributed by atoms with E-state index in [1.54, 1.807) is 4.90 Å². The fourth-order valence-corrected chi connectivity index (χ4v) is 3.55. The molecule has 114 valence electrons. The first-order chi connectivity index (χ1) is 9.56. The third-order valence-corrected chi connectivity index (χ3v) is 4.95. The number of carboxylic acid groups (broad SMARTS) is 1. The van der Waals surface area contributed by atoms with Crippen molar-refractivity contribution in [2.45, 2.75) is 56.9 Å². The third-order valence-electron chi connectivity index (χ3n) is 4.95. The number of nitrogens with zero attached hydrogens (tertiary/aromatic N) is 1. The predicted molar refractivity (Wildman–Crippen MR) is 76.4 cm³/mol. The predicted octanol–water partition coefficient (Wildman–Crippen LogP) is 1.62. The summed E-state index contributed by atoms with van der Waals surface area (Å²) in [6.07, 6.45) is 7.69. The van der Waals surface area contributed by atoms with Gasteiger partial charge in [-0.2, -0.15) is 0 Å².